The minimum Gasteiger partial charge on any atom is -0.497 e. The molecule has 0 bridgehead atoms. The molecular weight excluding hydrogens is 372 g/mol. The summed E-state index contributed by atoms with van der Waals surface area (Å²) in [6, 6.07) is 12.7. The fourth-order valence-corrected chi connectivity index (χ4v) is 3.41. The Bertz CT molecular complexity index is 927. The van der Waals surface area contributed by atoms with Crippen LogP contribution in [0.15, 0.2) is 47.8 Å². The van der Waals surface area contributed by atoms with Gasteiger partial charge in [0.25, 0.3) is 0 Å². The second-order valence-electron chi connectivity index (χ2n) is 5.45. The van der Waals surface area contributed by atoms with E-state index in [9.17, 15) is 4.79 Å². The van der Waals surface area contributed by atoms with E-state index < -0.39 is 0 Å². The van der Waals surface area contributed by atoms with Crippen molar-refractivity contribution in [2.75, 3.05) is 19.5 Å². The molecule has 0 spiro atoms. The lowest BCUT2D eigenvalue weighted by Gasteiger charge is -2.11. The van der Waals surface area contributed by atoms with Gasteiger partial charge in [-0.2, -0.15) is 0 Å². The van der Waals surface area contributed by atoms with Crippen molar-refractivity contribution in [3.05, 3.63) is 58.6 Å². The van der Waals surface area contributed by atoms with Crippen molar-refractivity contribution in [3.8, 4) is 22.1 Å². The molecule has 1 amide bonds. The summed E-state index contributed by atoms with van der Waals surface area (Å²) in [6.45, 7) is 0. The molecule has 134 valence electrons. The summed E-state index contributed by atoms with van der Waals surface area (Å²) in [5.74, 6) is 1.03. The fraction of sp³-hybridized carbons (Fsp3) is 0.158. The molecule has 0 saturated heterocycles. The topological polar surface area (TPSA) is 60.5 Å². The first-order valence-corrected chi connectivity index (χ1v) is 9.07. The molecule has 0 aliphatic heterocycles. The van der Waals surface area contributed by atoms with Gasteiger partial charge in [-0.15, -0.1) is 11.3 Å². The number of anilines is 1. The number of rotatable bonds is 6. The average Bonchev–Trinajstić information content (AvgIpc) is 3.10. The number of methoxy groups -OCH3 is 2. The van der Waals surface area contributed by atoms with Gasteiger partial charge in [0.2, 0.25) is 5.91 Å². The van der Waals surface area contributed by atoms with E-state index in [1.165, 1.54) is 11.3 Å². The normalized spacial score (nSPS) is 10.4. The van der Waals surface area contributed by atoms with Crippen LogP contribution < -0.4 is 14.8 Å². The van der Waals surface area contributed by atoms with Gasteiger partial charge in [0.15, 0.2) is 0 Å². The van der Waals surface area contributed by atoms with Gasteiger partial charge in [-0.3, -0.25) is 4.79 Å². The van der Waals surface area contributed by atoms with E-state index in [0.29, 0.717) is 27.9 Å². The molecule has 1 aromatic heterocycles. The molecule has 2 aromatic carbocycles. The molecule has 0 aliphatic rings. The highest BCUT2D eigenvalue weighted by Crippen LogP contribution is 2.29. The highest BCUT2D eigenvalue weighted by molar-refractivity contribution is 7.13. The van der Waals surface area contributed by atoms with Crippen LogP contribution in [-0.2, 0) is 11.2 Å². The second kappa shape index (κ2) is 8.21. The van der Waals surface area contributed by atoms with Crippen LogP contribution in [-0.4, -0.2) is 25.1 Å². The molecule has 1 heterocycles. The van der Waals surface area contributed by atoms with Crippen LogP contribution in [0.4, 0.5) is 5.69 Å². The van der Waals surface area contributed by atoms with E-state index in [-0.39, 0.29) is 12.3 Å². The molecule has 0 saturated carbocycles. The second-order valence-corrected chi connectivity index (χ2v) is 6.74. The number of hydrogen-bond donors (Lipinski definition) is 1. The zero-order valence-corrected chi connectivity index (χ0v) is 15.9. The summed E-state index contributed by atoms with van der Waals surface area (Å²) in [5, 5.41) is 6.21. The maximum Gasteiger partial charge on any atom is 0.230 e. The summed E-state index contributed by atoms with van der Waals surface area (Å²) < 4.78 is 10.4. The van der Waals surface area contributed by atoms with Crippen LogP contribution in [0.3, 0.4) is 0 Å². The van der Waals surface area contributed by atoms with E-state index in [2.05, 4.69) is 10.3 Å². The highest BCUT2D eigenvalue weighted by atomic mass is 35.5. The quantitative estimate of drug-likeness (QED) is 0.667. The third-order valence-electron chi connectivity index (χ3n) is 3.65. The van der Waals surface area contributed by atoms with Gasteiger partial charge in [-0.25, -0.2) is 4.98 Å². The van der Waals surface area contributed by atoms with E-state index in [4.69, 9.17) is 21.1 Å². The Morgan fingerprint density at radius 3 is 2.77 bits per heavy atom. The lowest BCUT2D eigenvalue weighted by Crippen LogP contribution is -2.15. The van der Waals surface area contributed by atoms with Crippen molar-refractivity contribution in [2.24, 2.45) is 0 Å². The third-order valence-corrected chi connectivity index (χ3v) is 4.82. The van der Waals surface area contributed by atoms with Crippen molar-refractivity contribution in [1.29, 1.82) is 0 Å². The smallest absolute Gasteiger partial charge is 0.230 e. The number of nitrogens with one attached hydrogen (secondary N) is 1. The number of carbonyl (C=O) groups is 1. The molecule has 1 N–H and O–H groups in total. The maximum atomic E-state index is 12.3. The number of aromatic nitrogens is 1. The molecule has 3 rings (SSSR count). The standard InChI is InChI=1S/C19H17ClN2O3S/c1-24-15-6-7-16(17(10-15)25-2)22-18(23)9-14-11-26-19(21-14)12-4-3-5-13(20)8-12/h3-8,10-11H,9H2,1-2H3,(H,22,23). The van der Waals surface area contributed by atoms with Gasteiger partial charge in [0, 0.05) is 22.0 Å². The van der Waals surface area contributed by atoms with Crippen LogP contribution in [0.1, 0.15) is 5.69 Å². The number of ether oxygens (including phenoxy) is 2. The van der Waals surface area contributed by atoms with Crippen LogP contribution in [0.5, 0.6) is 11.5 Å². The number of nitrogens with zero attached hydrogens (tertiary/aromatic N) is 1. The summed E-state index contributed by atoms with van der Waals surface area (Å²) >= 11 is 7.50. The Kier molecular flexibility index (Phi) is 5.75. The van der Waals surface area contributed by atoms with Crippen LogP contribution >= 0.6 is 22.9 Å². The Hall–Kier alpha value is -2.57. The number of thiazole rings is 1. The van der Waals surface area contributed by atoms with E-state index >= 15 is 0 Å². The van der Waals surface area contributed by atoms with Gasteiger partial charge in [0.1, 0.15) is 16.5 Å². The number of hydrogen-bond acceptors (Lipinski definition) is 5. The number of benzene rings is 2. The van der Waals surface area contributed by atoms with Crippen molar-refractivity contribution in [3.63, 3.8) is 0 Å². The molecule has 0 aliphatic carbocycles. The van der Waals surface area contributed by atoms with Crippen LogP contribution in [0.25, 0.3) is 10.6 Å². The highest BCUT2D eigenvalue weighted by Gasteiger charge is 2.12. The summed E-state index contributed by atoms with van der Waals surface area (Å²) in [5.41, 5.74) is 2.23. The van der Waals surface area contributed by atoms with E-state index in [1.54, 1.807) is 32.4 Å². The Morgan fingerprint density at radius 1 is 1.19 bits per heavy atom. The molecule has 0 radical (unpaired) electrons. The number of amides is 1. The third kappa shape index (κ3) is 4.33. The maximum absolute atomic E-state index is 12.3. The zero-order chi connectivity index (χ0) is 18.5. The van der Waals surface area contributed by atoms with Crippen molar-refractivity contribution >= 4 is 34.5 Å². The molecule has 0 atom stereocenters. The Morgan fingerprint density at radius 2 is 2.04 bits per heavy atom. The first-order valence-electron chi connectivity index (χ1n) is 7.81. The molecule has 0 unspecified atom stereocenters. The Labute approximate surface area is 160 Å². The molecule has 5 nitrogen and oxygen atoms in total. The number of halogens is 1. The predicted molar refractivity (Wildman–Crippen MR) is 104 cm³/mol. The molecular formula is C19H17ClN2O3S. The minimum atomic E-state index is -0.170. The van der Waals surface area contributed by atoms with Crippen LogP contribution in [0, 0.1) is 0 Å². The van der Waals surface area contributed by atoms with Gasteiger partial charge in [-0.1, -0.05) is 23.7 Å². The molecule has 3 aromatic rings. The van der Waals surface area contributed by atoms with Crippen molar-refractivity contribution in [1.82, 2.24) is 4.98 Å². The zero-order valence-electron chi connectivity index (χ0n) is 14.3. The summed E-state index contributed by atoms with van der Waals surface area (Å²) in [4.78, 5) is 16.9. The van der Waals surface area contributed by atoms with Crippen LogP contribution in [0.2, 0.25) is 5.02 Å². The Balaban J connectivity index is 1.69. The van der Waals surface area contributed by atoms with E-state index in [1.807, 2.05) is 29.6 Å². The molecule has 26 heavy (non-hydrogen) atoms. The lowest BCUT2D eigenvalue weighted by molar-refractivity contribution is -0.115. The summed E-state index contributed by atoms with van der Waals surface area (Å²) in [6.07, 6.45) is 0.173. The molecule has 7 heteroatoms. The van der Waals surface area contributed by atoms with Gasteiger partial charge in [-0.05, 0) is 24.3 Å². The SMILES string of the molecule is COc1ccc(NC(=O)Cc2csc(-c3cccc(Cl)c3)n2)c(OC)c1. The summed E-state index contributed by atoms with van der Waals surface area (Å²) in [7, 11) is 3.12. The predicted octanol–water partition coefficient (Wildman–Crippen LogP) is 4.66. The largest absolute Gasteiger partial charge is 0.497 e. The minimum absolute atomic E-state index is 0.170. The number of carbonyl (C=O) groups excluding carboxylic acids is 1. The lowest BCUT2D eigenvalue weighted by atomic mass is 10.2. The first kappa shape index (κ1) is 18.2. The van der Waals surface area contributed by atoms with Gasteiger partial charge < -0.3 is 14.8 Å². The monoisotopic (exact) mass is 388 g/mol. The van der Waals surface area contributed by atoms with Gasteiger partial charge in [0.05, 0.1) is 32.0 Å². The van der Waals surface area contributed by atoms with Gasteiger partial charge >= 0.3 is 0 Å². The fourth-order valence-electron chi connectivity index (χ4n) is 2.40. The average molecular weight is 389 g/mol. The molecule has 0 fully saturated rings. The van der Waals surface area contributed by atoms with Crippen molar-refractivity contribution in [2.45, 2.75) is 6.42 Å². The van der Waals surface area contributed by atoms with Crippen molar-refractivity contribution < 1.29 is 14.3 Å². The first-order chi connectivity index (χ1) is 12.6. The van der Waals surface area contributed by atoms with E-state index in [0.717, 1.165) is 10.6 Å².